The van der Waals surface area contributed by atoms with Crippen LogP contribution >= 0.6 is 0 Å². The number of nitriles is 1. The Hall–Kier alpha value is -1.86. The van der Waals surface area contributed by atoms with Crippen molar-refractivity contribution in [2.75, 3.05) is 12.4 Å². The molecule has 1 aromatic rings. The SMILES string of the molecule is CCCC(C#N)(CCC)C(=O)Nc1cccc(COC)c1. The number of hydrogen-bond donors (Lipinski definition) is 1. The summed E-state index contributed by atoms with van der Waals surface area (Å²) in [5, 5.41) is 12.4. The minimum absolute atomic E-state index is 0.205. The van der Waals surface area contributed by atoms with Gasteiger partial charge in [-0.25, -0.2) is 0 Å². The summed E-state index contributed by atoms with van der Waals surface area (Å²) >= 11 is 0. The minimum Gasteiger partial charge on any atom is -0.380 e. The number of nitrogens with zero attached hydrogens (tertiary/aromatic N) is 1. The maximum atomic E-state index is 12.5. The number of carbonyl (C=O) groups excluding carboxylic acids is 1. The number of rotatable bonds is 8. The number of nitrogens with one attached hydrogen (secondary N) is 1. The van der Waals surface area contributed by atoms with Crippen molar-refractivity contribution in [2.24, 2.45) is 5.41 Å². The molecule has 0 heterocycles. The third kappa shape index (κ3) is 4.57. The third-order valence-corrected chi connectivity index (χ3v) is 3.50. The number of carbonyl (C=O) groups is 1. The molecule has 0 saturated carbocycles. The average Bonchev–Trinajstić information content (AvgIpc) is 2.47. The molecule has 1 N–H and O–H groups in total. The molecule has 0 saturated heterocycles. The first-order valence-electron chi connectivity index (χ1n) is 7.42. The molecule has 0 aromatic heterocycles. The molecular weight excluding hydrogens is 264 g/mol. The van der Waals surface area contributed by atoms with Crippen LogP contribution in [0.1, 0.15) is 45.1 Å². The van der Waals surface area contributed by atoms with E-state index in [1.165, 1.54) is 0 Å². The zero-order valence-corrected chi connectivity index (χ0v) is 13.1. The highest BCUT2D eigenvalue weighted by Gasteiger charge is 2.36. The normalized spacial score (nSPS) is 11.0. The predicted octanol–water partition coefficient (Wildman–Crippen LogP) is 3.88. The van der Waals surface area contributed by atoms with Crippen LogP contribution in [0.25, 0.3) is 0 Å². The molecular formula is C17H24N2O2. The lowest BCUT2D eigenvalue weighted by molar-refractivity contribution is -0.123. The van der Waals surface area contributed by atoms with E-state index in [1.54, 1.807) is 7.11 Å². The van der Waals surface area contributed by atoms with Gasteiger partial charge in [-0.1, -0.05) is 38.8 Å². The van der Waals surface area contributed by atoms with Gasteiger partial charge in [-0.15, -0.1) is 0 Å². The van der Waals surface area contributed by atoms with E-state index in [9.17, 15) is 10.1 Å². The summed E-state index contributed by atoms with van der Waals surface area (Å²) in [7, 11) is 1.63. The monoisotopic (exact) mass is 288 g/mol. The summed E-state index contributed by atoms with van der Waals surface area (Å²) in [6, 6.07) is 9.76. The zero-order valence-electron chi connectivity index (χ0n) is 13.1. The van der Waals surface area contributed by atoms with E-state index >= 15 is 0 Å². The molecule has 114 valence electrons. The lowest BCUT2D eigenvalue weighted by Crippen LogP contribution is -2.35. The Morgan fingerprint density at radius 2 is 2.00 bits per heavy atom. The van der Waals surface area contributed by atoms with E-state index in [0.29, 0.717) is 25.1 Å². The fraction of sp³-hybridized carbons (Fsp3) is 0.529. The molecule has 0 bridgehead atoms. The fourth-order valence-electron chi connectivity index (χ4n) is 2.52. The van der Waals surface area contributed by atoms with Crippen LogP contribution in [0.3, 0.4) is 0 Å². The van der Waals surface area contributed by atoms with E-state index in [0.717, 1.165) is 18.4 Å². The molecule has 0 aliphatic heterocycles. The van der Waals surface area contributed by atoms with Gasteiger partial charge in [0.2, 0.25) is 5.91 Å². The molecule has 1 amide bonds. The van der Waals surface area contributed by atoms with Gasteiger partial charge in [-0.05, 0) is 30.5 Å². The van der Waals surface area contributed by atoms with Gasteiger partial charge in [0.25, 0.3) is 0 Å². The highest BCUT2D eigenvalue weighted by atomic mass is 16.5. The second-order valence-electron chi connectivity index (χ2n) is 5.28. The Labute approximate surface area is 127 Å². The van der Waals surface area contributed by atoms with Crippen LogP contribution in [0.2, 0.25) is 0 Å². The Morgan fingerprint density at radius 1 is 1.33 bits per heavy atom. The van der Waals surface area contributed by atoms with Crippen molar-refractivity contribution in [1.29, 1.82) is 5.26 Å². The highest BCUT2D eigenvalue weighted by Crippen LogP contribution is 2.31. The van der Waals surface area contributed by atoms with Crippen molar-refractivity contribution in [2.45, 2.75) is 46.1 Å². The lowest BCUT2D eigenvalue weighted by Gasteiger charge is -2.24. The van der Waals surface area contributed by atoms with Crippen LogP contribution in [0.15, 0.2) is 24.3 Å². The van der Waals surface area contributed by atoms with Crippen LogP contribution in [-0.2, 0) is 16.1 Å². The molecule has 0 aliphatic carbocycles. The zero-order chi connectivity index (χ0) is 15.7. The minimum atomic E-state index is -0.930. The molecule has 0 atom stereocenters. The number of amides is 1. The standard InChI is InChI=1S/C17H24N2O2/c1-4-9-17(13-18,10-5-2)16(20)19-15-8-6-7-14(11-15)12-21-3/h6-8,11H,4-5,9-10,12H2,1-3H3,(H,19,20). The van der Waals surface area contributed by atoms with Gasteiger partial charge < -0.3 is 10.1 Å². The number of anilines is 1. The topological polar surface area (TPSA) is 62.1 Å². The largest absolute Gasteiger partial charge is 0.380 e. The first-order chi connectivity index (χ1) is 10.1. The highest BCUT2D eigenvalue weighted by molar-refractivity contribution is 5.97. The summed E-state index contributed by atoms with van der Waals surface area (Å²) in [5.74, 6) is -0.205. The van der Waals surface area contributed by atoms with Crippen LogP contribution in [0, 0.1) is 16.7 Å². The molecule has 0 aliphatic rings. The number of hydrogen-bond acceptors (Lipinski definition) is 3. The van der Waals surface area contributed by atoms with Gasteiger partial charge in [0.1, 0.15) is 5.41 Å². The van der Waals surface area contributed by atoms with Crippen molar-refractivity contribution >= 4 is 11.6 Å². The average molecular weight is 288 g/mol. The second kappa shape index (κ2) is 8.43. The molecule has 4 heteroatoms. The second-order valence-corrected chi connectivity index (χ2v) is 5.28. The van der Waals surface area contributed by atoms with E-state index in [4.69, 9.17) is 4.74 Å². The third-order valence-electron chi connectivity index (χ3n) is 3.50. The van der Waals surface area contributed by atoms with Crippen LogP contribution in [0.4, 0.5) is 5.69 Å². The Kier molecular flexibility index (Phi) is 6.90. The van der Waals surface area contributed by atoms with Crippen LogP contribution in [0.5, 0.6) is 0 Å². The first-order valence-corrected chi connectivity index (χ1v) is 7.42. The Bertz CT molecular complexity index is 500. The van der Waals surface area contributed by atoms with Gasteiger partial charge >= 0.3 is 0 Å². The van der Waals surface area contributed by atoms with Crippen LogP contribution in [-0.4, -0.2) is 13.0 Å². The van der Waals surface area contributed by atoms with Gasteiger partial charge in [0.15, 0.2) is 0 Å². The smallest absolute Gasteiger partial charge is 0.244 e. The molecule has 0 fully saturated rings. The van der Waals surface area contributed by atoms with Crippen molar-refractivity contribution in [3.8, 4) is 6.07 Å². The van der Waals surface area contributed by atoms with E-state index in [1.807, 2.05) is 38.1 Å². The molecule has 0 radical (unpaired) electrons. The number of benzene rings is 1. The molecule has 21 heavy (non-hydrogen) atoms. The quantitative estimate of drug-likeness (QED) is 0.789. The number of ether oxygens (including phenoxy) is 1. The van der Waals surface area contributed by atoms with Gasteiger partial charge in [-0.2, -0.15) is 5.26 Å². The summed E-state index contributed by atoms with van der Waals surface area (Å²) in [5.41, 5.74) is 0.769. The van der Waals surface area contributed by atoms with E-state index < -0.39 is 5.41 Å². The predicted molar refractivity (Wildman–Crippen MR) is 83.6 cm³/mol. The molecule has 0 unspecified atom stereocenters. The maximum Gasteiger partial charge on any atom is 0.244 e. The van der Waals surface area contributed by atoms with E-state index in [2.05, 4.69) is 11.4 Å². The Morgan fingerprint density at radius 3 is 2.52 bits per heavy atom. The van der Waals surface area contributed by atoms with Crippen LogP contribution < -0.4 is 5.32 Å². The van der Waals surface area contributed by atoms with E-state index in [-0.39, 0.29) is 5.91 Å². The van der Waals surface area contributed by atoms with Crippen molar-refractivity contribution in [1.82, 2.24) is 0 Å². The lowest BCUT2D eigenvalue weighted by atomic mass is 9.79. The van der Waals surface area contributed by atoms with Crippen molar-refractivity contribution in [3.05, 3.63) is 29.8 Å². The molecule has 4 nitrogen and oxygen atoms in total. The summed E-state index contributed by atoms with van der Waals surface area (Å²) in [6.45, 7) is 4.49. The Balaban J connectivity index is 2.91. The van der Waals surface area contributed by atoms with Gasteiger partial charge in [0.05, 0.1) is 12.7 Å². The van der Waals surface area contributed by atoms with Gasteiger partial charge in [-0.3, -0.25) is 4.79 Å². The van der Waals surface area contributed by atoms with Crippen molar-refractivity contribution < 1.29 is 9.53 Å². The first kappa shape index (κ1) is 17.2. The molecule has 0 spiro atoms. The summed E-state index contributed by atoms with van der Waals surface area (Å²) in [4.78, 5) is 12.5. The maximum absolute atomic E-state index is 12.5. The van der Waals surface area contributed by atoms with Gasteiger partial charge in [0, 0.05) is 12.8 Å². The molecule has 1 rings (SSSR count). The summed E-state index contributed by atoms with van der Waals surface area (Å²) in [6.07, 6.45) is 2.79. The number of methoxy groups -OCH3 is 1. The summed E-state index contributed by atoms with van der Waals surface area (Å²) < 4.78 is 5.09. The molecule has 1 aromatic carbocycles. The van der Waals surface area contributed by atoms with Crippen molar-refractivity contribution in [3.63, 3.8) is 0 Å². The fourth-order valence-corrected chi connectivity index (χ4v) is 2.52.